The van der Waals surface area contributed by atoms with E-state index in [1.54, 1.807) is 31.4 Å². The second kappa shape index (κ2) is 12.0. The molecule has 1 aliphatic rings. The van der Waals surface area contributed by atoms with Crippen molar-refractivity contribution in [3.8, 4) is 5.75 Å². The molecule has 1 unspecified atom stereocenters. The molecular formula is C34H37NO6. The molecule has 1 atom stereocenters. The highest BCUT2D eigenvalue weighted by atomic mass is 16.5. The Bertz CT molecular complexity index is 1520. The molecule has 0 aliphatic carbocycles. The van der Waals surface area contributed by atoms with Gasteiger partial charge in [0.15, 0.2) is 0 Å². The average molecular weight is 556 g/mol. The minimum Gasteiger partial charge on any atom is -0.507 e. The number of nitrogens with zero attached hydrogens (tertiary/aromatic N) is 1. The molecular weight excluding hydrogens is 518 g/mol. The predicted molar refractivity (Wildman–Crippen MR) is 159 cm³/mol. The van der Waals surface area contributed by atoms with Crippen LogP contribution in [0, 0.1) is 19.8 Å². The van der Waals surface area contributed by atoms with Crippen molar-refractivity contribution in [2.45, 2.75) is 53.5 Å². The molecule has 7 nitrogen and oxygen atoms in total. The molecule has 41 heavy (non-hydrogen) atoms. The van der Waals surface area contributed by atoms with Crippen LogP contribution in [0.25, 0.3) is 5.76 Å². The Kier molecular flexibility index (Phi) is 8.66. The van der Waals surface area contributed by atoms with E-state index in [1.165, 1.54) is 4.90 Å². The lowest BCUT2D eigenvalue weighted by atomic mass is 9.90. The van der Waals surface area contributed by atoms with Crippen LogP contribution in [-0.4, -0.2) is 36.5 Å². The largest absolute Gasteiger partial charge is 0.507 e. The number of hydrogen-bond donors (Lipinski definition) is 1. The molecule has 1 saturated heterocycles. The Morgan fingerprint density at radius 2 is 1.66 bits per heavy atom. The quantitative estimate of drug-likeness (QED) is 0.141. The third-order valence-corrected chi connectivity index (χ3v) is 7.19. The number of anilines is 1. The van der Waals surface area contributed by atoms with Gasteiger partial charge in [0.2, 0.25) is 0 Å². The zero-order chi connectivity index (χ0) is 30.0. The van der Waals surface area contributed by atoms with Crippen LogP contribution in [0.15, 0.2) is 66.2 Å². The topological polar surface area (TPSA) is 93.1 Å². The SMILES string of the molecule is COc1cc(C)c(/C(O)=C2\C(=O)C(=O)N(c3ccc(C(=O)OCC(C)C)cc3)C2c2cccc(C)c2)cc1C(C)C. The molecule has 1 fully saturated rings. The summed E-state index contributed by atoms with van der Waals surface area (Å²) in [6.07, 6.45) is 0. The minimum absolute atomic E-state index is 0.00370. The number of esters is 1. The fourth-order valence-electron chi connectivity index (χ4n) is 5.06. The van der Waals surface area contributed by atoms with Gasteiger partial charge in [-0.15, -0.1) is 0 Å². The highest BCUT2D eigenvalue weighted by Gasteiger charge is 2.47. The van der Waals surface area contributed by atoms with Crippen molar-refractivity contribution in [2.75, 3.05) is 18.6 Å². The normalized spacial score (nSPS) is 16.5. The third kappa shape index (κ3) is 5.89. The highest BCUT2D eigenvalue weighted by Crippen LogP contribution is 2.43. The van der Waals surface area contributed by atoms with Crippen molar-refractivity contribution in [3.63, 3.8) is 0 Å². The van der Waals surface area contributed by atoms with Crippen LogP contribution >= 0.6 is 0 Å². The fourth-order valence-corrected chi connectivity index (χ4v) is 5.06. The maximum Gasteiger partial charge on any atom is 0.338 e. The number of Topliss-reactive ketones (excluding diaryl/α,β-unsaturated/α-hetero) is 1. The zero-order valence-electron chi connectivity index (χ0n) is 24.6. The number of aliphatic hydroxyl groups excluding tert-OH is 1. The molecule has 1 aliphatic heterocycles. The number of ether oxygens (including phenoxy) is 2. The molecule has 214 valence electrons. The van der Waals surface area contributed by atoms with Crippen LogP contribution in [0.3, 0.4) is 0 Å². The summed E-state index contributed by atoms with van der Waals surface area (Å²) in [6.45, 7) is 12.0. The van der Waals surface area contributed by atoms with Crippen molar-refractivity contribution in [1.29, 1.82) is 0 Å². The lowest BCUT2D eigenvalue weighted by molar-refractivity contribution is -0.132. The van der Waals surface area contributed by atoms with Crippen LogP contribution < -0.4 is 9.64 Å². The number of benzene rings is 3. The molecule has 3 aromatic carbocycles. The van der Waals surface area contributed by atoms with E-state index in [1.807, 2.05) is 77.9 Å². The Morgan fingerprint density at radius 3 is 2.24 bits per heavy atom. The monoisotopic (exact) mass is 555 g/mol. The van der Waals surface area contributed by atoms with Crippen LogP contribution in [0.2, 0.25) is 0 Å². The number of rotatable bonds is 8. The maximum atomic E-state index is 13.6. The van der Waals surface area contributed by atoms with Gasteiger partial charge < -0.3 is 14.6 Å². The third-order valence-electron chi connectivity index (χ3n) is 7.19. The number of aliphatic hydroxyl groups is 1. The van der Waals surface area contributed by atoms with E-state index < -0.39 is 23.7 Å². The van der Waals surface area contributed by atoms with Crippen LogP contribution in [0.1, 0.15) is 77.8 Å². The van der Waals surface area contributed by atoms with E-state index in [-0.39, 0.29) is 23.2 Å². The Morgan fingerprint density at radius 1 is 0.976 bits per heavy atom. The van der Waals surface area contributed by atoms with Gasteiger partial charge in [0.25, 0.3) is 11.7 Å². The molecule has 0 radical (unpaired) electrons. The Balaban J connectivity index is 1.87. The first-order valence-corrected chi connectivity index (χ1v) is 13.8. The van der Waals surface area contributed by atoms with E-state index in [0.29, 0.717) is 40.3 Å². The summed E-state index contributed by atoms with van der Waals surface area (Å²) in [5.41, 5.74) is 4.45. The molecule has 0 saturated carbocycles. The summed E-state index contributed by atoms with van der Waals surface area (Å²) >= 11 is 0. The van der Waals surface area contributed by atoms with Crippen molar-refractivity contribution in [1.82, 2.24) is 0 Å². The summed E-state index contributed by atoms with van der Waals surface area (Å²) in [5.74, 6) is -1.26. The average Bonchev–Trinajstić information content (AvgIpc) is 3.21. The number of carbonyl (C=O) groups is 3. The van der Waals surface area contributed by atoms with Gasteiger partial charge in [-0.3, -0.25) is 14.5 Å². The summed E-state index contributed by atoms with van der Waals surface area (Å²) < 4.78 is 10.9. The second-order valence-corrected chi connectivity index (χ2v) is 11.2. The van der Waals surface area contributed by atoms with Gasteiger partial charge in [0.1, 0.15) is 11.5 Å². The predicted octanol–water partition coefficient (Wildman–Crippen LogP) is 6.87. The first-order chi connectivity index (χ1) is 19.4. The van der Waals surface area contributed by atoms with Gasteiger partial charge in [0, 0.05) is 11.3 Å². The molecule has 1 amide bonds. The number of methoxy groups -OCH3 is 1. The maximum absolute atomic E-state index is 13.6. The molecule has 0 aromatic heterocycles. The summed E-state index contributed by atoms with van der Waals surface area (Å²) in [4.78, 5) is 41.1. The van der Waals surface area contributed by atoms with Gasteiger partial charge >= 0.3 is 5.97 Å². The summed E-state index contributed by atoms with van der Waals surface area (Å²) in [5, 5.41) is 11.7. The highest BCUT2D eigenvalue weighted by molar-refractivity contribution is 6.51. The van der Waals surface area contributed by atoms with E-state index >= 15 is 0 Å². The lowest BCUT2D eigenvalue weighted by Crippen LogP contribution is -2.29. The van der Waals surface area contributed by atoms with Gasteiger partial charge in [-0.2, -0.15) is 0 Å². The molecule has 0 spiro atoms. The van der Waals surface area contributed by atoms with Crippen molar-refractivity contribution in [3.05, 3.63) is 99.6 Å². The first-order valence-electron chi connectivity index (χ1n) is 13.8. The van der Waals surface area contributed by atoms with Crippen molar-refractivity contribution < 1.29 is 29.0 Å². The number of aryl methyl sites for hydroxylation is 2. The molecule has 4 rings (SSSR count). The minimum atomic E-state index is -0.877. The van der Waals surface area contributed by atoms with Gasteiger partial charge in [-0.25, -0.2) is 4.79 Å². The second-order valence-electron chi connectivity index (χ2n) is 11.2. The first kappa shape index (κ1) is 29.6. The molecule has 7 heteroatoms. The standard InChI is InChI=1S/C34H37NO6/c1-19(2)18-41-34(39)23-11-13-25(14-12-23)35-30(24-10-8-9-21(5)15-24)29(32(37)33(35)38)31(36)27-17-26(20(3)4)28(40-7)16-22(27)6/h8-17,19-20,30,36H,18H2,1-7H3/b31-29+. The van der Waals surface area contributed by atoms with Crippen molar-refractivity contribution >= 4 is 29.1 Å². The Hall–Kier alpha value is -4.39. The van der Waals surface area contributed by atoms with Crippen LogP contribution in [0.5, 0.6) is 5.75 Å². The van der Waals surface area contributed by atoms with Crippen LogP contribution in [0.4, 0.5) is 5.69 Å². The molecule has 1 N–H and O–H groups in total. The number of ketones is 1. The summed E-state index contributed by atoms with van der Waals surface area (Å²) in [6, 6.07) is 16.7. The van der Waals surface area contributed by atoms with E-state index in [2.05, 4.69) is 0 Å². The smallest absolute Gasteiger partial charge is 0.338 e. The summed E-state index contributed by atoms with van der Waals surface area (Å²) in [7, 11) is 1.60. The number of hydrogen-bond acceptors (Lipinski definition) is 6. The van der Waals surface area contributed by atoms with Crippen molar-refractivity contribution in [2.24, 2.45) is 5.92 Å². The zero-order valence-corrected chi connectivity index (χ0v) is 24.6. The molecule has 0 bridgehead atoms. The van der Waals surface area contributed by atoms with Crippen LogP contribution in [-0.2, 0) is 14.3 Å². The lowest BCUT2D eigenvalue weighted by Gasteiger charge is -2.26. The van der Waals surface area contributed by atoms with Gasteiger partial charge in [0.05, 0.1) is 30.9 Å². The number of carbonyl (C=O) groups excluding carboxylic acids is 3. The molecule has 1 heterocycles. The van der Waals surface area contributed by atoms with Gasteiger partial charge in [-0.1, -0.05) is 57.5 Å². The number of amides is 1. The van der Waals surface area contributed by atoms with E-state index in [4.69, 9.17) is 9.47 Å². The molecule has 3 aromatic rings. The van der Waals surface area contributed by atoms with E-state index in [0.717, 1.165) is 11.1 Å². The van der Waals surface area contributed by atoms with Gasteiger partial charge in [-0.05, 0) is 78.8 Å². The van der Waals surface area contributed by atoms with E-state index in [9.17, 15) is 19.5 Å². The Labute approximate surface area is 241 Å². The fraction of sp³-hybridized carbons (Fsp3) is 0.324.